The van der Waals surface area contributed by atoms with Gasteiger partial charge in [0.05, 0.1) is 13.2 Å². The van der Waals surface area contributed by atoms with Crippen molar-refractivity contribution in [2.75, 3.05) is 14.2 Å². The van der Waals surface area contributed by atoms with Crippen LogP contribution in [0.25, 0.3) is 0 Å². The van der Waals surface area contributed by atoms with Crippen molar-refractivity contribution in [2.45, 2.75) is 50.9 Å². The predicted octanol–water partition coefficient (Wildman–Crippen LogP) is 2.49. The van der Waals surface area contributed by atoms with Crippen molar-refractivity contribution in [1.82, 2.24) is 5.32 Å². The number of methoxy groups -OCH3 is 1. The van der Waals surface area contributed by atoms with Crippen molar-refractivity contribution in [3.8, 4) is 11.5 Å². The molecule has 20 heavy (non-hydrogen) atoms. The minimum Gasteiger partial charge on any atom is -0.493 e. The largest absolute Gasteiger partial charge is 0.493 e. The third-order valence-corrected chi connectivity index (χ3v) is 3.80. The second-order valence-electron chi connectivity index (χ2n) is 5.38. The zero-order valence-electron chi connectivity index (χ0n) is 12.4. The molecule has 1 fully saturated rings. The summed E-state index contributed by atoms with van der Waals surface area (Å²) in [5.74, 6) is 1.45. The lowest BCUT2D eigenvalue weighted by Gasteiger charge is -2.23. The first-order chi connectivity index (χ1) is 9.74. The Morgan fingerprint density at radius 3 is 2.75 bits per heavy atom. The summed E-state index contributed by atoms with van der Waals surface area (Å²) < 4.78 is 11.4. The molecule has 2 rings (SSSR count). The Kier molecular flexibility index (Phi) is 5.68. The van der Waals surface area contributed by atoms with Crippen LogP contribution in [0.5, 0.6) is 11.5 Å². The molecule has 1 aromatic carbocycles. The van der Waals surface area contributed by atoms with E-state index in [0.717, 1.165) is 49.3 Å². The molecule has 0 heterocycles. The fraction of sp³-hybridized carbons (Fsp3) is 0.625. The molecule has 0 saturated heterocycles. The molecule has 1 aliphatic carbocycles. The first-order valence-corrected chi connectivity index (χ1v) is 7.41. The number of hydrogen-bond donors (Lipinski definition) is 2. The maximum absolute atomic E-state index is 10.2. The van der Waals surface area contributed by atoms with Gasteiger partial charge >= 0.3 is 0 Å². The van der Waals surface area contributed by atoms with Crippen LogP contribution in [0.15, 0.2) is 18.2 Å². The number of aliphatic hydroxyl groups excluding tert-OH is 1. The fourth-order valence-corrected chi connectivity index (χ4v) is 2.68. The molecule has 0 radical (unpaired) electrons. The van der Waals surface area contributed by atoms with Crippen LogP contribution in [0.2, 0.25) is 0 Å². The normalized spacial score (nSPS) is 23.1. The molecule has 0 bridgehead atoms. The summed E-state index contributed by atoms with van der Waals surface area (Å²) in [4.78, 5) is 0. The van der Waals surface area contributed by atoms with Gasteiger partial charge in [-0.05, 0) is 44.0 Å². The summed E-state index contributed by atoms with van der Waals surface area (Å²) in [5.41, 5.74) is 1.14. The highest BCUT2D eigenvalue weighted by atomic mass is 16.5. The Morgan fingerprint density at radius 2 is 2.00 bits per heavy atom. The van der Waals surface area contributed by atoms with Gasteiger partial charge in [0.15, 0.2) is 11.5 Å². The Bertz CT molecular complexity index is 422. The Balaban J connectivity index is 2.14. The van der Waals surface area contributed by atoms with E-state index < -0.39 is 0 Å². The third-order valence-electron chi connectivity index (χ3n) is 3.80. The average Bonchev–Trinajstić information content (AvgIpc) is 2.65. The van der Waals surface area contributed by atoms with Crippen LogP contribution in [0, 0.1) is 0 Å². The third kappa shape index (κ3) is 3.87. The summed E-state index contributed by atoms with van der Waals surface area (Å²) in [5, 5.41) is 13.3. The molecule has 4 nitrogen and oxygen atoms in total. The first kappa shape index (κ1) is 15.1. The smallest absolute Gasteiger partial charge is 0.162 e. The van der Waals surface area contributed by atoms with E-state index in [1.807, 2.05) is 25.2 Å². The molecule has 0 aliphatic heterocycles. The maximum Gasteiger partial charge on any atom is 0.162 e. The Hall–Kier alpha value is -1.26. The van der Waals surface area contributed by atoms with E-state index in [0.29, 0.717) is 0 Å². The monoisotopic (exact) mass is 279 g/mol. The fourth-order valence-electron chi connectivity index (χ4n) is 2.68. The van der Waals surface area contributed by atoms with Gasteiger partial charge in [-0.3, -0.25) is 0 Å². The van der Waals surface area contributed by atoms with Gasteiger partial charge in [0.1, 0.15) is 6.10 Å². The van der Waals surface area contributed by atoms with Gasteiger partial charge < -0.3 is 19.9 Å². The SMILES string of the molecule is CNCc1ccc(OC)c(OC2CCCCCC2O)c1. The number of nitrogens with one attached hydrogen (secondary N) is 1. The Labute approximate surface area is 121 Å². The van der Waals surface area contributed by atoms with E-state index >= 15 is 0 Å². The van der Waals surface area contributed by atoms with E-state index in [9.17, 15) is 5.11 Å². The van der Waals surface area contributed by atoms with Gasteiger partial charge in [-0.1, -0.05) is 18.9 Å². The molecule has 1 aliphatic rings. The second-order valence-corrected chi connectivity index (χ2v) is 5.38. The molecule has 4 heteroatoms. The van der Waals surface area contributed by atoms with Gasteiger partial charge in [0.25, 0.3) is 0 Å². The molecule has 2 atom stereocenters. The van der Waals surface area contributed by atoms with Gasteiger partial charge in [-0.2, -0.15) is 0 Å². The molecule has 0 amide bonds. The molecular weight excluding hydrogens is 254 g/mol. The van der Waals surface area contributed by atoms with E-state index in [1.165, 1.54) is 6.42 Å². The van der Waals surface area contributed by atoms with Crippen LogP contribution >= 0.6 is 0 Å². The molecule has 1 saturated carbocycles. The summed E-state index contributed by atoms with van der Waals surface area (Å²) in [6.45, 7) is 0.785. The van der Waals surface area contributed by atoms with Gasteiger partial charge in [-0.25, -0.2) is 0 Å². The van der Waals surface area contributed by atoms with Crippen LogP contribution in [0.1, 0.15) is 37.7 Å². The molecule has 2 unspecified atom stereocenters. The van der Waals surface area contributed by atoms with E-state index in [-0.39, 0.29) is 12.2 Å². The molecular formula is C16H25NO3. The van der Waals surface area contributed by atoms with Crippen LogP contribution in [0.4, 0.5) is 0 Å². The minimum absolute atomic E-state index is 0.128. The van der Waals surface area contributed by atoms with Crippen LogP contribution in [-0.4, -0.2) is 31.5 Å². The van der Waals surface area contributed by atoms with Gasteiger partial charge in [0.2, 0.25) is 0 Å². The van der Waals surface area contributed by atoms with Crippen LogP contribution < -0.4 is 14.8 Å². The highest BCUT2D eigenvalue weighted by molar-refractivity contribution is 5.43. The van der Waals surface area contributed by atoms with Crippen molar-refractivity contribution < 1.29 is 14.6 Å². The van der Waals surface area contributed by atoms with Gasteiger partial charge in [-0.15, -0.1) is 0 Å². The number of benzene rings is 1. The van der Waals surface area contributed by atoms with E-state index in [2.05, 4.69) is 5.32 Å². The van der Waals surface area contributed by atoms with Gasteiger partial charge in [0, 0.05) is 6.54 Å². The van der Waals surface area contributed by atoms with Crippen molar-refractivity contribution in [1.29, 1.82) is 0 Å². The standard InChI is InChI=1S/C16H25NO3/c1-17-11-12-8-9-15(19-2)16(10-12)20-14-7-5-3-4-6-13(14)18/h8-10,13-14,17-18H,3-7,11H2,1-2H3. The predicted molar refractivity (Wildman–Crippen MR) is 79.3 cm³/mol. The van der Waals surface area contributed by atoms with E-state index in [4.69, 9.17) is 9.47 Å². The number of rotatable bonds is 5. The quantitative estimate of drug-likeness (QED) is 0.813. The molecule has 112 valence electrons. The summed E-state index contributed by atoms with van der Waals surface area (Å²) in [6, 6.07) is 5.93. The zero-order valence-corrected chi connectivity index (χ0v) is 12.4. The van der Waals surface area contributed by atoms with Crippen molar-refractivity contribution in [3.05, 3.63) is 23.8 Å². The second kappa shape index (κ2) is 7.50. The van der Waals surface area contributed by atoms with Crippen molar-refractivity contribution >= 4 is 0 Å². The van der Waals surface area contributed by atoms with E-state index in [1.54, 1.807) is 7.11 Å². The number of aliphatic hydroxyl groups is 1. The highest BCUT2D eigenvalue weighted by Crippen LogP contribution is 2.31. The first-order valence-electron chi connectivity index (χ1n) is 7.41. The Morgan fingerprint density at radius 1 is 1.20 bits per heavy atom. The number of ether oxygens (including phenoxy) is 2. The summed E-state index contributed by atoms with van der Waals surface area (Å²) in [7, 11) is 3.56. The average molecular weight is 279 g/mol. The van der Waals surface area contributed by atoms with Crippen LogP contribution in [0.3, 0.4) is 0 Å². The zero-order chi connectivity index (χ0) is 14.4. The lowest BCUT2D eigenvalue weighted by Crippen LogP contribution is -2.30. The lowest BCUT2D eigenvalue weighted by molar-refractivity contribution is 0.0305. The number of hydrogen-bond acceptors (Lipinski definition) is 4. The minimum atomic E-state index is -0.379. The van der Waals surface area contributed by atoms with Crippen molar-refractivity contribution in [2.24, 2.45) is 0 Å². The lowest BCUT2D eigenvalue weighted by atomic mass is 10.1. The highest BCUT2D eigenvalue weighted by Gasteiger charge is 2.24. The van der Waals surface area contributed by atoms with Crippen LogP contribution in [-0.2, 0) is 6.54 Å². The molecule has 1 aromatic rings. The maximum atomic E-state index is 10.2. The summed E-state index contributed by atoms with van der Waals surface area (Å²) >= 11 is 0. The van der Waals surface area contributed by atoms with Crippen molar-refractivity contribution in [3.63, 3.8) is 0 Å². The summed E-state index contributed by atoms with van der Waals surface area (Å²) in [6.07, 6.45) is 4.59. The molecule has 0 spiro atoms. The topological polar surface area (TPSA) is 50.7 Å². The molecule has 2 N–H and O–H groups in total. The molecule has 0 aromatic heterocycles.